The third-order valence-electron chi connectivity index (χ3n) is 3.58. The molecule has 0 aromatic heterocycles. The van der Waals surface area contributed by atoms with Crippen molar-refractivity contribution in [3.63, 3.8) is 0 Å². The molecular weight excluding hydrogens is 260 g/mol. The molecule has 1 aromatic rings. The number of benzene rings is 1. The molecule has 0 radical (unpaired) electrons. The molecule has 0 amide bonds. The summed E-state index contributed by atoms with van der Waals surface area (Å²) in [5.41, 5.74) is 0.860. The Morgan fingerprint density at radius 2 is 1.90 bits per heavy atom. The van der Waals surface area contributed by atoms with Gasteiger partial charge in [0, 0.05) is 5.56 Å². The molecule has 1 heterocycles. The lowest BCUT2D eigenvalue weighted by Crippen LogP contribution is -2.36. The van der Waals surface area contributed by atoms with E-state index in [1.54, 1.807) is 25.1 Å². The summed E-state index contributed by atoms with van der Waals surface area (Å²) in [6.45, 7) is 2.46. The van der Waals surface area contributed by atoms with Crippen molar-refractivity contribution in [2.75, 3.05) is 20.3 Å². The van der Waals surface area contributed by atoms with Crippen molar-refractivity contribution in [2.45, 2.75) is 12.7 Å². The molecule has 0 bridgehead atoms. The number of carbonyl (C=O) groups excluding carboxylic acids is 2. The number of Topliss-reactive ketones (excluding diaryl/α,β-unsaturated/α-hetero) is 1. The number of methoxy groups -OCH3 is 1. The Labute approximate surface area is 116 Å². The first-order valence-electron chi connectivity index (χ1n) is 6.33. The Morgan fingerprint density at radius 3 is 2.55 bits per heavy atom. The van der Waals surface area contributed by atoms with Crippen molar-refractivity contribution in [3.05, 3.63) is 41.0 Å². The van der Waals surface area contributed by atoms with Crippen LogP contribution in [-0.4, -0.2) is 37.7 Å². The molecule has 1 saturated heterocycles. The third-order valence-corrected chi connectivity index (χ3v) is 3.58. The lowest BCUT2D eigenvalue weighted by molar-refractivity contribution is -0.107. The van der Waals surface area contributed by atoms with Crippen molar-refractivity contribution in [1.29, 1.82) is 0 Å². The molecule has 0 atom stereocenters. The second kappa shape index (κ2) is 4.54. The first-order valence-corrected chi connectivity index (χ1v) is 6.33. The van der Waals surface area contributed by atoms with Crippen molar-refractivity contribution in [3.8, 4) is 5.75 Å². The van der Waals surface area contributed by atoms with Crippen LogP contribution in [0.15, 0.2) is 29.8 Å². The summed E-state index contributed by atoms with van der Waals surface area (Å²) in [4.78, 5) is 24.9. The van der Waals surface area contributed by atoms with E-state index in [1.807, 2.05) is 0 Å². The third kappa shape index (κ3) is 1.78. The van der Waals surface area contributed by atoms with E-state index < -0.39 is 5.79 Å². The molecule has 2 aliphatic rings. The minimum Gasteiger partial charge on any atom is -0.496 e. The topological polar surface area (TPSA) is 61.8 Å². The molecule has 1 fully saturated rings. The summed E-state index contributed by atoms with van der Waals surface area (Å²) in [5.74, 6) is -1.28. The Kier molecular flexibility index (Phi) is 2.96. The van der Waals surface area contributed by atoms with Gasteiger partial charge in [0.05, 0.1) is 31.5 Å². The van der Waals surface area contributed by atoms with Gasteiger partial charge in [-0.05, 0) is 19.1 Å². The van der Waals surface area contributed by atoms with Gasteiger partial charge in [0.15, 0.2) is 17.4 Å². The molecule has 1 aromatic carbocycles. The number of hydrogen-bond acceptors (Lipinski definition) is 5. The molecule has 20 heavy (non-hydrogen) atoms. The van der Waals surface area contributed by atoms with Crippen LogP contribution in [0.1, 0.15) is 27.6 Å². The molecule has 0 spiro atoms. The minimum absolute atomic E-state index is 0.237. The van der Waals surface area contributed by atoms with E-state index >= 15 is 0 Å². The molecule has 1 aliphatic carbocycles. The second-order valence-corrected chi connectivity index (χ2v) is 4.78. The maximum Gasteiger partial charge on any atom is 0.196 e. The summed E-state index contributed by atoms with van der Waals surface area (Å²) in [5, 5.41) is 0. The smallest absolute Gasteiger partial charge is 0.196 e. The van der Waals surface area contributed by atoms with Gasteiger partial charge in [0.2, 0.25) is 0 Å². The lowest BCUT2D eigenvalue weighted by atomic mass is 9.85. The fourth-order valence-electron chi connectivity index (χ4n) is 2.57. The molecule has 3 rings (SSSR count). The summed E-state index contributed by atoms with van der Waals surface area (Å²) in [7, 11) is 1.47. The molecule has 0 unspecified atom stereocenters. The Bertz CT molecular complexity index is 623. The Morgan fingerprint density at radius 1 is 1.20 bits per heavy atom. The molecule has 5 heteroatoms. The highest BCUT2D eigenvalue weighted by molar-refractivity contribution is 6.26. The van der Waals surface area contributed by atoms with Crippen molar-refractivity contribution >= 4 is 11.6 Å². The summed E-state index contributed by atoms with van der Waals surface area (Å²) >= 11 is 0. The number of ketones is 2. The van der Waals surface area contributed by atoms with Gasteiger partial charge in [-0.2, -0.15) is 0 Å². The first-order chi connectivity index (χ1) is 9.57. The van der Waals surface area contributed by atoms with E-state index in [-0.39, 0.29) is 17.1 Å². The fraction of sp³-hybridized carbons (Fsp3) is 0.333. The van der Waals surface area contributed by atoms with Gasteiger partial charge in [0.25, 0.3) is 0 Å². The highest BCUT2D eigenvalue weighted by Gasteiger charge is 2.43. The monoisotopic (exact) mass is 274 g/mol. The number of ether oxygens (including phenoxy) is 3. The van der Waals surface area contributed by atoms with Crippen LogP contribution < -0.4 is 4.74 Å². The average Bonchev–Trinajstić information content (AvgIpc) is 2.89. The summed E-state index contributed by atoms with van der Waals surface area (Å²) in [6, 6.07) is 4.96. The Hall–Kier alpha value is -1.98. The zero-order valence-electron chi connectivity index (χ0n) is 11.3. The first kappa shape index (κ1) is 13.0. The summed E-state index contributed by atoms with van der Waals surface area (Å²) < 4.78 is 16.1. The van der Waals surface area contributed by atoms with Crippen LogP contribution in [0.3, 0.4) is 0 Å². The number of carbonyl (C=O) groups is 2. The van der Waals surface area contributed by atoms with E-state index in [1.165, 1.54) is 13.2 Å². The van der Waals surface area contributed by atoms with Crippen LogP contribution in [0.4, 0.5) is 0 Å². The number of rotatable bonds is 2. The zero-order chi connectivity index (χ0) is 14.3. The highest BCUT2D eigenvalue weighted by atomic mass is 16.7. The minimum atomic E-state index is -1.15. The van der Waals surface area contributed by atoms with Gasteiger partial charge in [-0.3, -0.25) is 9.59 Å². The molecule has 0 saturated carbocycles. The van der Waals surface area contributed by atoms with E-state index in [0.717, 1.165) is 0 Å². The fourth-order valence-corrected chi connectivity index (χ4v) is 2.57. The van der Waals surface area contributed by atoms with E-state index in [2.05, 4.69) is 0 Å². The normalized spacial score (nSPS) is 20.6. The molecular formula is C15H14O5. The zero-order valence-corrected chi connectivity index (χ0v) is 11.3. The van der Waals surface area contributed by atoms with Gasteiger partial charge in [-0.15, -0.1) is 0 Å². The van der Waals surface area contributed by atoms with Crippen LogP contribution >= 0.6 is 0 Å². The number of hydrogen-bond donors (Lipinski definition) is 0. The van der Waals surface area contributed by atoms with Gasteiger partial charge < -0.3 is 14.2 Å². The number of fused-ring (bicyclic) bond motifs is 1. The molecule has 1 aliphatic heterocycles. The van der Waals surface area contributed by atoms with Crippen LogP contribution in [-0.2, 0) is 9.47 Å². The van der Waals surface area contributed by atoms with Gasteiger partial charge >= 0.3 is 0 Å². The standard InChI is InChI=1S/C15H14O5/c1-15(19-6-7-20-15)10-8-11(16)13-9(14(10)17)4-3-5-12(13)18-2/h3-5,8H,6-7H2,1-2H3. The Balaban J connectivity index is 2.12. The van der Waals surface area contributed by atoms with Crippen molar-refractivity contribution < 1.29 is 23.8 Å². The highest BCUT2D eigenvalue weighted by Crippen LogP contribution is 2.36. The molecule has 104 valence electrons. The molecule has 5 nitrogen and oxygen atoms in total. The lowest BCUT2D eigenvalue weighted by Gasteiger charge is -2.27. The maximum atomic E-state index is 12.6. The average molecular weight is 274 g/mol. The molecule has 0 N–H and O–H groups in total. The van der Waals surface area contributed by atoms with E-state index in [4.69, 9.17) is 14.2 Å². The largest absolute Gasteiger partial charge is 0.496 e. The van der Waals surface area contributed by atoms with E-state index in [9.17, 15) is 9.59 Å². The van der Waals surface area contributed by atoms with Crippen LogP contribution in [0.25, 0.3) is 0 Å². The van der Waals surface area contributed by atoms with Gasteiger partial charge in [-0.1, -0.05) is 12.1 Å². The van der Waals surface area contributed by atoms with Gasteiger partial charge in [-0.25, -0.2) is 0 Å². The second-order valence-electron chi connectivity index (χ2n) is 4.78. The maximum absolute atomic E-state index is 12.6. The SMILES string of the molecule is COc1cccc2c1C(=O)C=C(C1(C)OCCO1)C2=O. The van der Waals surface area contributed by atoms with Gasteiger partial charge in [0.1, 0.15) is 5.75 Å². The number of allylic oxidation sites excluding steroid dienone is 1. The van der Waals surface area contributed by atoms with Crippen molar-refractivity contribution in [1.82, 2.24) is 0 Å². The van der Waals surface area contributed by atoms with Crippen LogP contribution in [0, 0.1) is 0 Å². The van der Waals surface area contributed by atoms with Crippen LogP contribution in [0.2, 0.25) is 0 Å². The quantitative estimate of drug-likeness (QED) is 0.822. The summed E-state index contributed by atoms with van der Waals surface area (Å²) in [6.07, 6.45) is 1.29. The van der Waals surface area contributed by atoms with E-state index in [0.29, 0.717) is 30.1 Å². The van der Waals surface area contributed by atoms with Crippen LogP contribution in [0.5, 0.6) is 5.75 Å². The van der Waals surface area contributed by atoms with Crippen molar-refractivity contribution in [2.24, 2.45) is 0 Å². The predicted octanol–water partition coefficient (Wildman–Crippen LogP) is 1.76. The predicted molar refractivity (Wildman–Crippen MR) is 70.0 cm³/mol.